The van der Waals surface area contributed by atoms with E-state index < -0.39 is 35.5 Å². The zero-order valence-electron chi connectivity index (χ0n) is 29.9. The lowest BCUT2D eigenvalue weighted by Crippen LogP contribution is -2.61. The Labute approximate surface area is 299 Å². The fraction of sp³-hybridized carbons (Fsp3) is 0.550. The van der Waals surface area contributed by atoms with Crippen molar-refractivity contribution in [2.24, 2.45) is 17.8 Å². The number of hydrogen-bond acceptors (Lipinski definition) is 8. The number of β-amino-alcohol motifs (C(OH)–C–C–N with tert-alkyl or cyclic N) is 1. The summed E-state index contributed by atoms with van der Waals surface area (Å²) >= 11 is 0. The van der Waals surface area contributed by atoms with E-state index >= 15 is 0 Å². The highest BCUT2D eigenvalue weighted by atomic mass is 16.5. The molecular weight excluding hydrogens is 648 g/mol. The second-order valence-electron chi connectivity index (χ2n) is 15.7. The Morgan fingerprint density at radius 1 is 0.961 bits per heavy atom. The molecule has 3 amide bonds. The van der Waals surface area contributed by atoms with Crippen molar-refractivity contribution in [1.82, 2.24) is 20.9 Å². The third kappa shape index (κ3) is 9.25. The van der Waals surface area contributed by atoms with Gasteiger partial charge in [0.05, 0.1) is 30.2 Å². The van der Waals surface area contributed by atoms with Gasteiger partial charge >= 0.3 is 0 Å². The number of likely N-dealkylation sites (tertiary alicyclic amines) is 1. The van der Waals surface area contributed by atoms with E-state index in [0.29, 0.717) is 43.2 Å². The molecular formula is C40H52N4O7. The highest BCUT2D eigenvalue weighted by Crippen LogP contribution is 2.39. The highest BCUT2D eigenvalue weighted by molar-refractivity contribution is 5.96. The number of carbonyl (C=O) groups excluding carboxylic acids is 3. The fourth-order valence-corrected chi connectivity index (χ4v) is 8.06. The summed E-state index contributed by atoms with van der Waals surface area (Å²) in [6.07, 6.45) is 5.19. The molecule has 11 nitrogen and oxygen atoms in total. The van der Waals surface area contributed by atoms with Crippen molar-refractivity contribution in [3.05, 3.63) is 82.2 Å². The van der Waals surface area contributed by atoms with E-state index in [9.17, 15) is 24.3 Å². The first-order valence-corrected chi connectivity index (χ1v) is 18.4. The van der Waals surface area contributed by atoms with Crippen LogP contribution in [-0.2, 0) is 20.7 Å². The molecule has 11 heteroatoms. The lowest BCUT2D eigenvalue weighted by atomic mass is 9.72. The predicted octanol–water partition coefficient (Wildman–Crippen LogP) is 3.81. The Bertz CT molecular complexity index is 1730. The van der Waals surface area contributed by atoms with E-state index in [0.717, 1.165) is 30.9 Å². The van der Waals surface area contributed by atoms with Crippen LogP contribution in [0.5, 0.6) is 0 Å². The summed E-state index contributed by atoms with van der Waals surface area (Å²) in [6.45, 7) is 7.55. The highest BCUT2D eigenvalue weighted by Gasteiger charge is 2.42. The Hall–Kier alpha value is -4.06. The number of benzene rings is 2. The van der Waals surface area contributed by atoms with Crippen LogP contribution in [0.15, 0.2) is 69.9 Å². The maximum atomic E-state index is 14.2. The number of nitrogens with one attached hydrogen (secondary N) is 3. The van der Waals surface area contributed by atoms with Crippen molar-refractivity contribution in [3.8, 4) is 0 Å². The van der Waals surface area contributed by atoms with Crippen LogP contribution in [0.1, 0.15) is 75.4 Å². The van der Waals surface area contributed by atoms with Gasteiger partial charge in [0.2, 0.25) is 11.8 Å². The van der Waals surface area contributed by atoms with Gasteiger partial charge in [-0.05, 0) is 76.0 Å². The summed E-state index contributed by atoms with van der Waals surface area (Å²) in [6, 6.07) is 15.3. The molecule has 6 rings (SSSR count). The van der Waals surface area contributed by atoms with Gasteiger partial charge in [-0.3, -0.25) is 24.1 Å². The van der Waals surface area contributed by atoms with Crippen molar-refractivity contribution in [2.75, 3.05) is 26.3 Å². The summed E-state index contributed by atoms with van der Waals surface area (Å²) < 4.78 is 11.4. The van der Waals surface area contributed by atoms with Crippen LogP contribution in [-0.4, -0.2) is 83.8 Å². The average molecular weight is 701 g/mol. The van der Waals surface area contributed by atoms with Gasteiger partial charge in [-0.15, -0.1) is 0 Å². The lowest BCUT2D eigenvalue weighted by Gasteiger charge is -2.47. The van der Waals surface area contributed by atoms with Crippen LogP contribution in [0.25, 0.3) is 11.0 Å². The number of amides is 3. The summed E-state index contributed by atoms with van der Waals surface area (Å²) in [5.74, 6) is -0.764. The van der Waals surface area contributed by atoms with Crippen molar-refractivity contribution >= 4 is 28.7 Å². The number of aliphatic hydroxyl groups is 1. The molecule has 2 aromatic carbocycles. The third-order valence-electron chi connectivity index (χ3n) is 10.7. The molecule has 274 valence electrons. The normalized spacial score (nSPS) is 24.2. The maximum Gasteiger partial charge on any atom is 0.287 e. The number of piperidine rings is 1. The van der Waals surface area contributed by atoms with E-state index in [1.807, 2.05) is 51.1 Å². The second-order valence-corrected chi connectivity index (χ2v) is 15.7. The van der Waals surface area contributed by atoms with E-state index in [-0.39, 0.29) is 47.8 Å². The summed E-state index contributed by atoms with van der Waals surface area (Å²) in [7, 11) is 0. The van der Waals surface area contributed by atoms with Crippen LogP contribution >= 0.6 is 0 Å². The molecule has 0 spiro atoms. The molecule has 0 bridgehead atoms. The van der Waals surface area contributed by atoms with Gasteiger partial charge in [0.25, 0.3) is 5.91 Å². The van der Waals surface area contributed by atoms with Crippen molar-refractivity contribution in [3.63, 3.8) is 0 Å². The number of aliphatic hydroxyl groups excluding tert-OH is 1. The largest absolute Gasteiger partial charge is 0.451 e. The Balaban J connectivity index is 1.23. The first-order chi connectivity index (χ1) is 24.4. The minimum Gasteiger partial charge on any atom is -0.451 e. The molecule has 2 aliphatic heterocycles. The molecule has 3 heterocycles. The monoisotopic (exact) mass is 700 g/mol. The van der Waals surface area contributed by atoms with Gasteiger partial charge in [0.1, 0.15) is 11.6 Å². The quantitative estimate of drug-likeness (QED) is 0.236. The smallest absolute Gasteiger partial charge is 0.287 e. The molecule has 1 saturated carbocycles. The van der Waals surface area contributed by atoms with E-state index in [2.05, 4.69) is 20.9 Å². The number of rotatable bonds is 11. The van der Waals surface area contributed by atoms with Crippen molar-refractivity contribution in [2.45, 2.75) is 95.5 Å². The SMILES string of the molecule is CC(C)(C)NC(=O)[C@@H]1C[C@@H]2CCCC[C@@H]2CN1C[C@@H](O)[C@H](Cc1ccccc1)NC(=O)[C@@H](NC(=O)c1cc(=O)c2ccccc2o1)[C@H]1CCOC1. The molecule has 1 aromatic heterocycles. The average Bonchev–Trinajstić information content (AvgIpc) is 3.64. The van der Waals surface area contributed by atoms with Gasteiger partial charge in [0.15, 0.2) is 11.2 Å². The Morgan fingerprint density at radius 2 is 1.69 bits per heavy atom. The second kappa shape index (κ2) is 16.1. The maximum absolute atomic E-state index is 14.2. The molecule has 0 unspecified atom stereocenters. The summed E-state index contributed by atoms with van der Waals surface area (Å²) in [4.78, 5) is 56.3. The van der Waals surface area contributed by atoms with E-state index in [1.54, 1.807) is 24.3 Å². The molecule has 3 aliphatic rings. The van der Waals surface area contributed by atoms with Crippen LogP contribution in [0.3, 0.4) is 0 Å². The van der Waals surface area contributed by atoms with E-state index in [1.165, 1.54) is 12.8 Å². The number of carbonyl (C=O) groups is 3. The number of para-hydroxylation sites is 1. The molecule has 2 saturated heterocycles. The minimum atomic E-state index is -1.02. The number of ether oxygens (including phenoxy) is 1. The lowest BCUT2D eigenvalue weighted by molar-refractivity contribution is -0.133. The zero-order chi connectivity index (χ0) is 36.1. The number of nitrogens with zero attached hydrogens (tertiary/aromatic N) is 1. The van der Waals surface area contributed by atoms with Crippen molar-refractivity contribution in [1.29, 1.82) is 0 Å². The Kier molecular flexibility index (Phi) is 11.6. The van der Waals surface area contributed by atoms with Gasteiger partial charge in [-0.2, -0.15) is 0 Å². The standard InChI is InChI=1S/C40H52N4O7/c1-40(2,3)43-37(47)31-20-26-13-7-8-14-27(26)22-44(31)23-33(46)30(19-25-11-5-4-6-12-25)41-39(49)36(28-17-18-50-24-28)42-38(48)35-21-32(45)29-15-9-10-16-34(29)51-35/h4-6,9-12,15-16,21,26-28,30-31,33,36,46H,7-8,13-14,17-20,22-24H2,1-3H3,(H,41,49)(H,42,48)(H,43,47)/t26-,27+,28-,30-,31-,33+,36-/m0/s1. The minimum absolute atomic E-state index is 0.0354. The van der Waals surface area contributed by atoms with Gasteiger partial charge in [-0.1, -0.05) is 61.7 Å². The van der Waals surface area contributed by atoms with Crippen LogP contribution in [0.2, 0.25) is 0 Å². The third-order valence-corrected chi connectivity index (χ3v) is 10.7. The Morgan fingerprint density at radius 3 is 2.41 bits per heavy atom. The van der Waals surface area contributed by atoms with Gasteiger partial charge < -0.3 is 30.2 Å². The molecule has 1 aliphatic carbocycles. The molecule has 51 heavy (non-hydrogen) atoms. The molecule has 3 aromatic rings. The summed E-state index contributed by atoms with van der Waals surface area (Å²) in [5, 5.41) is 21.4. The predicted molar refractivity (Wildman–Crippen MR) is 194 cm³/mol. The van der Waals surface area contributed by atoms with Gasteiger partial charge in [0, 0.05) is 37.2 Å². The first kappa shape index (κ1) is 36.7. The zero-order valence-corrected chi connectivity index (χ0v) is 29.9. The molecule has 0 radical (unpaired) electrons. The van der Waals surface area contributed by atoms with Crippen LogP contribution in [0.4, 0.5) is 0 Å². The fourth-order valence-electron chi connectivity index (χ4n) is 8.06. The van der Waals surface area contributed by atoms with Crippen molar-refractivity contribution < 1.29 is 28.6 Å². The number of fused-ring (bicyclic) bond motifs is 2. The number of hydrogen-bond donors (Lipinski definition) is 4. The van der Waals surface area contributed by atoms with Crippen LogP contribution < -0.4 is 21.4 Å². The molecule has 3 fully saturated rings. The van der Waals surface area contributed by atoms with Crippen LogP contribution in [0, 0.1) is 17.8 Å². The summed E-state index contributed by atoms with van der Waals surface area (Å²) in [5.41, 5.74) is 0.452. The first-order valence-electron chi connectivity index (χ1n) is 18.4. The molecule has 7 atom stereocenters. The topological polar surface area (TPSA) is 150 Å². The van der Waals surface area contributed by atoms with Gasteiger partial charge in [-0.25, -0.2) is 0 Å². The van der Waals surface area contributed by atoms with E-state index in [4.69, 9.17) is 9.15 Å². The molecule has 4 N–H and O–H groups in total.